The molecule has 0 unspecified atom stereocenters. The molecule has 0 aromatic heterocycles. The zero-order valence-electron chi connectivity index (χ0n) is 15.9. The number of amides is 2. The molecule has 0 spiro atoms. The van der Waals surface area contributed by atoms with Crippen LogP contribution in [0.25, 0.3) is 0 Å². The smallest absolute Gasteiger partial charge is 0.327 e. The van der Waals surface area contributed by atoms with Gasteiger partial charge in [-0.3, -0.25) is 9.59 Å². The topological polar surface area (TPSA) is 136 Å². The number of carbonyl (C=O) groups is 4. The Kier molecular flexibility index (Phi) is 13.8. The summed E-state index contributed by atoms with van der Waals surface area (Å²) in [6, 6.07) is -1.78. The van der Waals surface area contributed by atoms with Crippen LogP contribution in [0.2, 0.25) is 0 Å². The Bertz CT molecular complexity index is 465. The van der Waals surface area contributed by atoms with Crippen LogP contribution in [0, 0.1) is 0 Å². The van der Waals surface area contributed by atoms with Crippen LogP contribution in [-0.4, -0.2) is 93.6 Å². The van der Waals surface area contributed by atoms with Crippen molar-refractivity contribution in [2.45, 2.75) is 32.9 Å². The summed E-state index contributed by atoms with van der Waals surface area (Å²) in [5.74, 6) is -0.765. The fourth-order valence-electron chi connectivity index (χ4n) is 2.06. The predicted molar refractivity (Wildman–Crippen MR) is 107 cm³/mol. The highest BCUT2D eigenvalue weighted by Gasteiger charge is 2.19. The Balaban J connectivity index is 4.07. The van der Waals surface area contributed by atoms with E-state index in [1.807, 2.05) is 6.92 Å². The second kappa shape index (κ2) is 14.6. The fourth-order valence-corrected chi connectivity index (χ4v) is 4.09. The molecule has 11 heteroatoms. The van der Waals surface area contributed by atoms with Gasteiger partial charge in [0, 0.05) is 49.9 Å². The minimum atomic E-state index is -1.05. The summed E-state index contributed by atoms with van der Waals surface area (Å²) in [6.07, 6.45) is 0. The zero-order valence-corrected chi connectivity index (χ0v) is 17.5. The lowest BCUT2D eigenvalue weighted by atomic mass is 10.3. The molecule has 0 fully saturated rings. The van der Waals surface area contributed by atoms with Crippen molar-refractivity contribution in [1.82, 2.24) is 15.5 Å². The fraction of sp³-hybridized carbons (Fsp3) is 0.750. The molecule has 0 saturated carbocycles. The van der Waals surface area contributed by atoms with E-state index >= 15 is 0 Å². The predicted octanol–water partition coefficient (Wildman–Crippen LogP) is -0.0467. The van der Waals surface area contributed by atoms with E-state index in [1.165, 1.54) is 37.4 Å². The van der Waals surface area contributed by atoms with Gasteiger partial charge in [0.05, 0.1) is 0 Å². The average Bonchev–Trinajstić information content (AvgIpc) is 2.57. The number of nitrogens with one attached hydrogen (secondary N) is 2. The average molecular weight is 428 g/mol. The van der Waals surface area contributed by atoms with E-state index in [0.717, 1.165) is 31.1 Å². The first-order valence-electron chi connectivity index (χ1n) is 8.55. The zero-order chi connectivity index (χ0) is 20.8. The Hall–Kier alpha value is -1.46. The third kappa shape index (κ3) is 13.4. The Morgan fingerprint density at radius 2 is 1.22 bits per heavy atom. The van der Waals surface area contributed by atoms with E-state index in [0.29, 0.717) is 11.5 Å². The van der Waals surface area contributed by atoms with Crippen molar-refractivity contribution in [2.75, 3.05) is 42.6 Å². The van der Waals surface area contributed by atoms with Gasteiger partial charge < -0.3 is 25.7 Å². The SMILES string of the molecule is CCN([13CH2][13CH2]SC[C@H](NC(C)=O)C(=O)O)[13CH2][13CH2]SC[C@H](NC(C)=O)C(=O)O. The second-order valence-electron chi connectivity index (χ2n) is 5.77. The van der Waals surface area contributed by atoms with Gasteiger partial charge in [-0.1, -0.05) is 6.92 Å². The van der Waals surface area contributed by atoms with Gasteiger partial charge in [0.1, 0.15) is 12.1 Å². The molecule has 0 radical (unpaired) electrons. The number of hydrogen-bond donors (Lipinski definition) is 4. The minimum Gasteiger partial charge on any atom is -0.480 e. The van der Waals surface area contributed by atoms with Crippen LogP contribution in [0.1, 0.15) is 20.8 Å². The monoisotopic (exact) mass is 427 g/mol. The summed E-state index contributed by atoms with van der Waals surface area (Å²) < 4.78 is 0. The molecule has 4 N–H and O–H groups in total. The molecule has 2 amide bonds. The molecule has 9 nitrogen and oxygen atoms in total. The van der Waals surface area contributed by atoms with Crippen molar-refractivity contribution in [3.63, 3.8) is 0 Å². The lowest BCUT2D eigenvalue weighted by Crippen LogP contribution is -2.42. The number of carboxylic acids is 2. The maximum absolute atomic E-state index is 11.1. The summed E-state index contributed by atoms with van der Waals surface area (Å²) >= 11 is 2.92. The van der Waals surface area contributed by atoms with Crippen molar-refractivity contribution < 1.29 is 29.4 Å². The van der Waals surface area contributed by atoms with Crippen LogP contribution in [0.4, 0.5) is 0 Å². The van der Waals surface area contributed by atoms with Gasteiger partial charge in [0.15, 0.2) is 0 Å². The molecule has 0 bridgehead atoms. The van der Waals surface area contributed by atoms with Crippen molar-refractivity contribution in [1.29, 1.82) is 0 Å². The number of aliphatic carboxylic acids is 2. The lowest BCUT2D eigenvalue weighted by Gasteiger charge is -2.21. The van der Waals surface area contributed by atoms with Gasteiger partial charge in [0.25, 0.3) is 0 Å². The summed E-state index contributed by atoms with van der Waals surface area (Å²) in [5, 5.41) is 22.9. The molecule has 156 valence electrons. The molecule has 27 heavy (non-hydrogen) atoms. The number of hydrogen-bond acceptors (Lipinski definition) is 7. The third-order valence-electron chi connectivity index (χ3n) is 3.47. The highest BCUT2D eigenvalue weighted by Crippen LogP contribution is 2.08. The highest BCUT2D eigenvalue weighted by molar-refractivity contribution is 7.99. The number of carbonyl (C=O) groups excluding carboxylic acids is 2. The summed E-state index contributed by atoms with van der Waals surface area (Å²) in [7, 11) is 0. The van der Waals surface area contributed by atoms with Crippen LogP contribution in [0.5, 0.6) is 0 Å². The van der Waals surface area contributed by atoms with Gasteiger partial charge >= 0.3 is 11.9 Å². The maximum atomic E-state index is 11.1. The molecule has 0 aromatic carbocycles. The third-order valence-corrected chi connectivity index (χ3v) is 5.55. The summed E-state index contributed by atoms with van der Waals surface area (Å²) in [4.78, 5) is 46.3. The first kappa shape index (κ1) is 25.5. The molecule has 0 heterocycles. The molecule has 0 aromatic rings. The standard InChI is InChI=1S/C16H29N3O6S2/c1-4-19(5-7-26-9-13(15(22)23)17-11(2)20)6-8-27-10-14(16(24)25)18-12(3)21/h13-14H,4-10H2,1-3H3,(H,17,20)(H,18,21)(H,22,23)(H,24,25)/t13-,14-/m0/s1/i5+1,6+1,7+1,8+1. The molecule has 0 aliphatic heterocycles. The van der Waals surface area contributed by atoms with Crippen molar-refractivity contribution in [3.05, 3.63) is 0 Å². The Morgan fingerprint density at radius 3 is 1.48 bits per heavy atom. The van der Waals surface area contributed by atoms with Crippen LogP contribution >= 0.6 is 23.5 Å². The lowest BCUT2D eigenvalue weighted by molar-refractivity contribution is -0.141. The number of rotatable bonds is 15. The Labute approximate surface area is 168 Å². The van der Waals surface area contributed by atoms with E-state index in [9.17, 15) is 19.2 Å². The number of carboxylic acid groups (broad SMARTS) is 2. The molecular formula is C16H29N3O6S2. The summed E-state index contributed by atoms with van der Waals surface area (Å²) in [5.41, 5.74) is 0. The quantitative estimate of drug-likeness (QED) is 0.209. The largest absolute Gasteiger partial charge is 0.480 e. The minimum absolute atomic E-state index is 0.304. The van der Waals surface area contributed by atoms with Crippen LogP contribution < -0.4 is 10.6 Å². The molecule has 0 aliphatic carbocycles. The van der Waals surface area contributed by atoms with E-state index in [4.69, 9.17) is 10.2 Å². The number of nitrogens with zero attached hydrogens (tertiary/aromatic N) is 1. The normalized spacial score (nSPS) is 13.0. The highest BCUT2D eigenvalue weighted by atomic mass is 32.2. The van der Waals surface area contributed by atoms with Gasteiger partial charge in [-0.05, 0) is 6.54 Å². The van der Waals surface area contributed by atoms with Gasteiger partial charge in [0.2, 0.25) is 11.8 Å². The molecule has 0 rings (SSSR count). The molecular weight excluding hydrogens is 398 g/mol. The van der Waals surface area contributed by atoms with E-state index in [-0.39, 0.29) is 11.8 Å². The van der Waals surface area contributed by atoms with E-state index in [1.54, 1.807) is 0 Å². The molecule has 0 aliphatic rings. The van der Waals surface area contributed by atoms with Crippen molar-refractivity contribution >= 4 is 47.3 Å². The Morgan fingerprint density at radius 1 is 0.852 bits per heavy atom. The van der Waals surface area contributed by atoms with Gasteiger partial charge in [-0.25, -0.2) is 9.59 Å². The van der Waals surface area contributed by atoms with Crippen LogP contribution in [0.15, 0.2) is 0 Å². The van der Waals surface area contributed by atoms with Crippen molar-refractivity contribution in [3.8, 4) is 0 Å². The first-order valence-corrected chi connectivity index (χ1v) is 10.9. The second-order valence-corrected chi connectivity index (χ2v) is 8.07. The van der Waals surface area contributed by atoms with Gasteiger partial charge in [-0.2, -0.15) is 23.5 Å². The van der Waals surface area contributed by atoms with Gasteiger partial charge in [-0.15, -0.1) is 0 Å². The number of thioether (sulfide) groups is 2. The molecule has 0 saturated heterocycles. The van der Waals surface area contributed by atoms with E-state index < -0.39 is 24.0 Å². The van der Waals surface area contributed by atoms with Crippen LogP contribution in [0.3, 0.4) is 0 Å². The molecule has 2 atom stereocenters. The van der Waals surface area contributed by atoms with E-state index in [2.05, 4.69) is 15.5 Å². The van der Waals surface area contributed by atoms with Crippen molar-refractivity contribution in [2.24, 2.45) is 0 Å². The summed E-state index contributed by atoms with van der Waals surface area (Å²) in [6.45, 7) is 6.95. The van der Waals surface area contributed by atoms with Crippen LogP contribution in [-0.2, 0) is 19.2 Å². The maximum Gasteiger partial charge on any atom is 0.327 e. The first-order chi connectivity index (χ1) is 12.7.